The molecule has 0 aromatic heterocycles. The molecular weight excluding hydrogens is 212 g/mol. The molecule has 1 aliphatic rings. The lowest BCUT2D eigenvalue weighted by atomic mass is 9.72. The molecule has 2 unspecified atom stereocenters. The lowest BCUT2D eigenvalue weighted by molar-refractivity contribution is -0.0485. The Morgan fingerprint density at radius 3 is 2.76 bits per heavy atom. The maximum absolute atomic E-state index is 11.0. The highest BCUT2D eigenvalue weighted by atomic mass is 16.5. The predicted octanol–water partition coefficient (Wildman–Crippen LogP) is 3.40. The van der Waals surface area contributed by atoms with Crippen LogP contribution in [0.3, 0.4) is 0 Å². The van der Waals surface area contributed by atoms with Gasteiger partial charge in [0.1, 0.15) is 5.75 Å². The summed E-state index contributed by atoms with van der Waals surface area (Å²) in [5.74, 6) is 1.11. The molecule has 0 spiro atoms. The minimum Gasteiger partial charge on any atom is -0.496 e. The number of hydrogen-bond donors (Lipinski definition) is 1. The monoisotopic (exact) mass is 234 g/mol. The van der Waals surface area contributed by atoms with E-state index >= 15 is 0 Å². The second kappa shape index (κ2) is 4.69. The zero-order valence-corrected chi connectivity index (χ0v) is 11.0. The van der Waals surface area contributed by atoms with Gasteiger partial charge in [-0.05, 0) is 37.8 Å². The van der Waals surface area contributed by atoms with Crippen molar-refractivity contribution in [2.24, 2.45) is 5.92 Å². The summed E-state index contributed by atoms with van der Waals surface area (Å²) in [6.45, 7) is 4.20. The van der Waals surface area contributed by atoms with Crippen LogP contribution >= 0.6 is 0 Å². The summed E-state index contributed by atoms with van der Waals surface area (Å²) in [6.07, 6.45) is 4.25. The van der Waals surface area contributed by atoms with Crippen molar-refractivity contribution in [1.82, 2.24) is 0 Å². The molecule has 2 heteroatoms. The third-order valence-electron chi connectivity index (χ3n) is 4.08. The molecule has 1 fully saturated rings. The molecule has 1 aromatic carbocycles. The summed E-state index contributed by atoms with van der Waals surface area (Å²) in [7, 11) is 1.67. The molecule has 0 aliphatic heterocycles. The van der Waals surface area contributed by atoms with Gasteiger partial charge in [0.05, 0.1) is 12.7 Å². The molecule has 1 N–H and O–H groups in total. The second-order valence-corrected chi connectivity index (χ2v) is 5.27. The van der Waals surface area contributed by atoms with E-state index < -0.39 is 5.60 Å². The number of aliphatic hydroxyl groups is 1. The summed E-state index contributed by atoms with van der Waals surface area (Å²) >= 11 is 0. The van der Waals surface area contributed by atoms with Crippen LogP contribution in [0.15, 0.2) is 18.2 Å². The summed E-state index contributed by atoms with van der Waals surface area (Å²) in [6, 6.07) is 6.06. The standard InChI is InChI=1S/C15H22O2/c1-11-7-8-14(17-3)13(10-11)15(16)9-5-4-6-12(15)2/h7-8,10,12,16H,4-6,9H2,1-3H3. The summed E-state index contributed by atoms with van der Waals surface area (Å²) in [4.78, 5) is 0. The van der Waals surface area contributed by atoms with Crippen LogP contribution in [-0.4, -0.2) is 12.2 Å². The van der Waals surface area contributed by atoms with Gasteiger partial charge in [-0.25, -0.2) is 0 Å². The van der Waals surface area contributed by atoms with Gasteiger partial charge in [-0.3, -0.25) is 0 Å². The van der Waals surface area contributed by atoms with E-state index in [1.54, 1.807) is 7.11 Å². The Balaban J connectivity index is 2.46. The van der Waals surface area contributed by atoms with E-state index in [1.165, 1.54) is 12.0 Å². The Morgan fingerprint density at radius 1 is 1.35 bits per heavy atom. The van der Waals surface area contributed by atoms with Crippen LogP contribution in [0.2, 0.25) is 0 Å². The number of rotatable bonds is 2. The Bertz CT molecular complexity index is 400. The van der Waals surface area contributed by atoms with Crippen LogP contribution in [0, 0.1) is 12.8 Å². The fourth-order valence-electron chi connectivity index (χ4n) is 2.89. The van der Waals surface area contributed by atoms with Gasteiger partial charge in [0.15, 0.2) is 0 Å². The molecule has 2 nitrogen and oxygen atoms in total. The van der Waals surface area contributed by atoms with Gasteiger partial charge in [-0.2, -0.15) is 0 Å². The lowest BCUT2D eigenvalue weighted by Crippen LogP contribution is -2.36. The quantitative estimate of drug-likeness (QED) is 0.849. The van der Waals surface area contributed by atoms with Gasteiger partial charge >= 0.3 is 0 Å². The molecule has 0 saturated heterocycles. The largest absolute Gasteiger partial charge is 0.496 e. The molecule has 1 saturated carbocycles. The Kier molecular flexibility index (Phi) is 3.43. The van der Waals surface area contributed by atoms with E-state index in [-0.39, 0.29) is 0 Å². The van der Waals surface area contributed by atoms with Crippen LogP contribution in [0.1, 0.15) is 43.7 Å². The van der Waals surface area contributed by atoms with Crippen LogP contribution in [0.4, 0.5) is 0 Å². The van der Waals surface area contributed by atoms with E-state index in [2.05, 4.69) is 19.9 Å². The highest BCUT2D eigenvalue weighted by Crippen LogP contribution is 2.44. The molecular formula is C15H22O2. The molecule has 1 aliphatic carbocycles. The number of aryl methyl sites for hydroxylation is 1. The van der Waals surface area contributed by atoms with Crippen molar-refractivity contribution in [3.63, 3.8) is 0 Å². The van der Waals surface area contributed by atoms with E-state index in [0.717, 1.165) is 30.6 Å². The number of benzene rings is 1. The van der Waals surface area contributed by atoms with Crippen molar-refractivity contribution < 1.29 is 9.84 Å². The SMILES string of the molecule is COc1ccc(C)cc1C1(O)CCCCC1C. The molecule has 0 heterocycles. The average molecular weight is 234 g/mol. The van der Waals surface area contributed by atoms with E-state index in [0.29, 0.717) is 5.92 Å². The normalized spacial score (nSPS) is 29.1. The maximum atomic E-state index is 11.0. The van der Waals surface area contributed by atoms with Crippen molar-refractivity contribution in [2.45, 2.75) is 45.1 Å². The summed E-state index contributed by atoms with van der Waals surface area (Å²) in [5.41, 5.74) is 1.43. The van der Waals surface area contributed by atoms with Crippen LogP contribution in [0.5, 0.6) is 5.75 Å². The van der Waals surface area contributed by atoms with Gasteiger partial charge < -0.3 is 9.84 Å². The maximum Gasteiger partial charge on any atom is 0.124 e. The number of methoxy groups -OCH3 is 1. The van der Waals surface area contributed by atoms with Crippen molar-refractivity contribution in [1.29, 1.82) is 0 Å². The first-order chi connectivity index (χ1) is 8.08. The fourth-order valence-corrected chi connectivity index (χ4v) is 2.89. The van der Waals surface area contributed by atoms with Crippen LogP contribution in [-0.2, 0) is 5.60 Å². The summed E-state index contributed by atoms with van der Waals surface area (Å²) in [5, 5.41) is 11.0. The molecule has 2 rings (SSSR count). The van der Waals surface area contributed by atoms with E-state index in [4.69, 9.17) is 4.74 Å². The Hall–Kier alpha value is -1.02. The van der Waals surface area contributed by atoms with E-state index in [1.807, 2.05) is 12.1 Å². The molecule has 0 radical (unpaired) electrons. The third-order valence-corrected chi connectivity index (χ3v) is 4.08. The van der Waals surface area contributed by atoms with Crippen LogP contribution in [0.25, 0.3) is 0 Å². The second-order valence-electron chi connectivity index (χ2n) is 5.27. The molecule has 0 bridgehead atoms. The first-order valence-electron chi connectivity index (χ1n) is 6.45. The third kappa shape index (κ3) is 2.19. The first kappa shape index (κ1) is 12.4. The summed E-state index contributed by atoms with van der Waals surface area (Å²) < 4.78 is 5.41. The minimum atomic E-state index is -0.713. The fraction of sp³-hybridized carbons (Fsp3) is 0.600. The first-order valence-corrected chi connectivity index (χ1v) is 6.45. The highest BCUT2D eigenvalue weighted by Gasteiger charge is 2.39. The van der Waals surface area contributed by atoms with Crippen molar-refractivity contribution in [3.05, 3.63) is 29.3 Å². The average Bonchev–Trinajstić information content (AvgIpc) is 2.33. The Morgan fingerprint density at radius 2 is 2.12 bits per heavy atom. The van der Waals surface area contributed by atoms with Crippen molar-refractivity contribution in [2.75, 3.05) is 7.11 Å². The van der Waals surface area contributed by atoms with Gasteiger partial charge in [0.25, 0.3) is 0 Å². The molecule has 17 heavy (non-hydrogen) atoms. The minimum absolute atomic E-state index is 0.298. The highest BCUT2D eigenvalue weighted by molar-refractivity contribution is 5.41. The smallest absolute Gasteiger partial charge is 0.124 e. The zero-order chi connectivity index (χ0) is 12.5. The van der Waals surface area contributed by atoms with Gasteiger partial charge in [0.2, 0.25) is 0 Å². The molecule has 2 atom stereocenters. The van der Waals surface area contributed by atoms with Gasteiger partial charge in [-0.15, -0.1) is 0 Å². The van der Waals surface area contributed by atoms with Crippen LogP contribution < -0.4 is 4.74 Å². The van der Waals surface area contributed by atoms with Gasteiger partial charge in [0, 0.05) is 5.56 Å². The van der Waals surface area contributed by atoms with Crippen molar-refractivity contribution in [3.8, 4) is 5.75 Å². The molecule has 1 aromatic rings. The van der Waals surface area contributed by atoms with Gasteiger partial charge in [-0.1, -0.05) is 31.4 Å². The zero-order valence-electron chi connectivity index (χ0n) is 11.0. The van der Waals surface area contributed by atoms with Crippen molar-refractivity contribution >= 4 is 0 Å². The topological polar surface area (TPSA) is 29.5 Å². The van der Waals surface area contributed by atoms with E-state index in [9.17, 15) is 5.11 Å². The Labute approximate surface area is 104 Å². The number of hydrogen-bond acceptors (Lipinski definition) is 2. The lowest BCUT2D eigenvalue weighted by Gasteiger charge is -2.39. The predicted molar refractivity (Wildman–Crippen MR) is 69.3 cm³/mol. The molecule has 0 amide bonds. The molecule has 94 valence electrons. The number of ether oxygens (including phenoxy) is 1.